The molecule has 2 aliphatic heterocycles. The van der Waals surface area contributed by atoms with Crippen LogP contribution in [-0.2, 0) is 0 Å². The first-order chi connectivity index (χ1) is 35.7. The number of benzene rings is 11. The maximum Gasteiger partial charge on any atom is 0.138 e. The lowest BCUT2D eigenvalue weighted by Gasteiger charge is -2.35. The molecule has 0 spiro atoms. The fourth-order valence-electron chi connectivity index (χ4n) is 10.2. The Morgan fingerprint density at radius 2 is 0.403 bits per heavy atom. The van der Waals surface area contributed by atoms with Gasteiger partial charge in [0.1, 0.15) is 16.4 Å². The van der Waals surface area contributed by atoms with Gasteiger partial charge in [0.15, 0.2) is 0 Å². The average molecular weight is 959 g/mol. The Morgan fingerprint density at radius 1 is 0.181 bits per heavy atom. The van der Waals surface area contributed by atoms with E-state index in [1.807, 2.05) is 0 Å². The van der Waals surface area contributed by atoms with Gasteiger partial charge in [-0.3, -0.25) is 18.7 Å². The van der Waals surface area contributed by atoms with Crippen molar-refractivity contribution in [2.45, 2.75) is 0 Å². The molecule has 0 saturated carbocycles. The Kier molecular flexibility index (Phi) is 11.5. The van der Waals surface area contributed by atoms with Crippen LogP contribution >= 0.6 is 16.4 Å². The van der Waals surface area contributed by atoms with Crippen molar-refractivity contribution in [2.24, 2.45) is 0 Å². The molecule has 13 rings (SSSR count). The molecule has 0 aliphatic carbocycles. The van der Waals surface area contributed by atoms with E-state index in [1.165, 1.54) is 77.9 Å². The van der Waals surface area contributed by atoms with Crippen LogP contribution in [-0.4, -0.2) is 0 Å². The number of anilines is 8. The summed E-state index contributed by atoms with van der Waals surface area (Å²) in [4.78, 5) is 0. The maximum absolute atomic E-state index is 2.62. The van der Waals surface area contributed by atoms with Crippen molar-refractivity contribution in [1.82, 2.24) is 0 Å². The van der Waals surface area contributed by atoms with E-state index < -0.39 is 16.4 Å². The lowest BCUT2D eigenvalue weighted by molar-refractivity contribution is 1.44. The fourth-order valence-corrected chi connectivity index (χ4v) is 15.4. The molecule has 0 fully saturated rings. The van der Waals surface area contributed by atoms with Crippen molar-refractivity contribution in [3.05, 3.63) is 291 Å². The number of para-hydroxylation sites is 4. The molecule has 2 heterocycles. The highest BCUT2D eigenvalue weighted by Gasteiger charge is 2.43. The minimum Gasteiger partial charge on any atom is -0.296 e. The molecule has 342 valence electrons. The number of nitrogens with zero attached hydrogens (tertiary/aromatic N) is 4. The highest BCUT2D eigenvalue weighted by atomic mass is 31.1. The number of fused-ring (bicyclic) bond motifs is 2. The molecular formula is C66H48N4P2. The summed E-state index contributed by atoms with van der Waals surface area (Å²) < 4.78 is 10.5. The van der Waals surface area contributed by atoms with E-state index in [0.717, 1.165) is 22.7 Å². The van der Waals surface area contributed by atoms with Gasteiger partial charge in [-0.05, 0) is 123 Å². The van der Waals surface area contributed by atoms with Gasteiger partial charge < -0.3 is 0 Å². The van der Waals surface area contributed by atoms with Crippen LogP contribution in [0, 0.1) is 0 Å². The van der Waals surface area contributed by atoms with E-state index >= 15 is 0 Å². The quantitative estimate of drug-likeness (QED) is 0.127. The van der Waals surface area contributed by atoms with Gasteiger partial charge in [-0.25, -0.2) is 0 Å². The molecule has 0 bridgehead atoms. The van der Waals surface area contributed by atoms with Crippen LogP contribution in [0.15, 0.2) is 291 Å². The highest BCUT2D eigenvalue weighted by molar-refractivity contribution is 7.71. The Hall–Kier alpha value is -8.52. The summed E-state index contributed by atoms with van der Waals surface area (Å²) in [5.74, 6) is 0. The third-order valence-electron chi connectivity index (χ3n) is 13.5. The monoisotopic (exact) mass is 958 g/mol. The molecule has 4 nitrogen and oxygen atoms in total. The summed E-state index contributed by atoms with van der Waals surface area (Å²) in [7, 11) is -2.53. The first kappa shape index (κ1) is 43.5. The Morgan fingerprint density at radius 3 is 0.667 bits per heavy atom. The number of hydrogen-bond donors (Lipinski definition) is 0. The van der Waals surface area contributed by atoms with Gasteiger partial charge in [0.2, 0.25) is 0 Å². The molecule has 0 amide bonds. The van der Waals surface area contributed by atoms with Gasteiger partial charge in [0, 0.05) is 33.4 Å². The van der Waals surface area contributed by atoms with Crippen LogP contribution in [0.5, 0.6) is 0 Å². The molecule has 0 N–H and O–H groups in total. The van der Waals surface area contributed by atoms with Gasteiger partial charge in [0.05, 0.1) is 22.7 Å². The first-order valence-electron chi connectivity index (χ1n) is 24.4. The molecule has 72 heavy (non-hydrogen) atoms. The highest BCUT2D eigenvalue weighted by Crippen LogP contribution is 2.67. The number of hydrogen-bond acceptors (Lipinski definition) is 4. The lowest BCUT2D eigenvalue weighted by atomic mass is 10.0. The zero-order valence-electron chi connectivity index (χ0n) is 39.4. The smallest absolute Gasteiger partial charge is 0.138 e. The van der Waals surface area contributed by atoms with E-state index in [-0.39, 0.29) is 0 Å². The third kappa shape index (κ3) is 8.02. The Balaban J connectivity index is 1.02. The van der Waals surface area contributed by atoms with E-state index in [4.69, 9.17) is 0 Å². The summed E-state index contributed by atoms with van der Waals surface area (Å²) in [5, 5.41) is 2.51. The van der Waals surface area contributed by atoms with Gasteiger partial charge in [-0.1, -0.05) is 212 Å². The largest absolute Gasteiger partial charge is 0.296 e. The molecule has 2 aliphatic rings. The van der Waals surface area contributed by atoms with Gasteiger partial charge in [-0.2, -0.15) is 0 Å². The van der Waals surface area contributed by atoms with Crippen LogP contribution in [0.3, 0.4) is 0 Å². The summed E-state index contributed by atoms with van der Waals surface area (Å²) in [6.07, 6.45) is 0. The molecule has 11 aromatic carbocycles. The number of rotatable bonds is 10. The SMILES string of the molecule is c1ccc(-c2cccc(N3c4ccccc4N(c4cccc(-c5ccccc5)c4)P3c3cccc(P4N(c5cccc(-c6ccccc6)c5)c5ccccc5N4c4cccc(-c5ccccc5)c4)c3)c2)cc1. The van der Waals surface area contributed by atoms with Gasteiger partial charge in [0.25, 0.3) is 0 Å². The van der Waals surface area contributed by atoms with Crippen LogP contribution in [0.1, 0.15) is 0 Å². The van der Waals surface area contributed by atoms with E-state index in [2.05, 4.69) is 310 Å². The van der Waals surface area contributed by atoms with E-state index in [9.17, 15) is 0 Å². The van der Waals surface area contributed by atoms with Gasteiger partial charge in [-0.15, -0.1) is 0 Å². The summed E-state index contributed by atoms with van der Waals surface area (Å²) in [6.45, 7) is 0. The zero-order valence-corrected chi connectivity index (χ0v) is 41.2. The molecule has 0 unspecified atom stereocenters. The van der Waals surface area contributed by atoms with Crippen molar-refractivity contribution in [3.8, 4) is 44.5 Å². The molecule has 0 atom stereocenters. The maximum atomic E-state index is 2.62. The second kappa shape index (κ2) is 19.0. The third-order valence-corrected chi connectivity index (χ3v) is 18.3. The van der Waals surface area contributed by atoms with Crippen LogP contribution in [0.25, 0.3) is 44.5 Å². The lowest BCUT2D eigenvalue weighted by Crippen LogP contribution is -2.27. The molecule has 6 heteroatoms. The molecule has 11 aromatic rings. The summed E-state index contributed by atoms with van der Waals surface area (Å²) >= 11 is 0. The predicted molar refractivity (Wildman–Crippen MR) is 309 cm³/mol. The van der Waals surface area contributed by atoms with Crippen molar-refractivity contribution in [3.63, 3.8) is 0 Å². The molecular weight excluding hydrogens is 911 g/mol. The van der Waals surface area contributed by atoms with Crippen LogP contribution < -0.4 is 29.3 Å². The van der Waals surface area contributed by atoms with Crippen molar-refractivity contribution < 1.29 is 0 Å². The molecule has 0 saturated heterocycles. The van der Waals surface area contributed by atoms with Crippen LogP contribution in [0.2, 0.25) is 0 Å². The summed E-state index contributed by atoms with van der Waals surface area (Å²) in [6, 6.07) is 107. The second-order valence-electron chi connectivity index (χ2n) is 18.0. The molecule has 0 radical (unpaired) electrons. The summed E-state index contributed by atoms with van der Waals surface area (Å²) in [5.41, 5.74) is 18.9. The minimum absolute atomic E-state index is 1.15. The second-order valence-corrected chi connectivity index (χ2v) is 21.8. The van der Waals surface area contributed by atoms with E-state index in [0.29, 0.717) is 0 Å². The Labute approximate surface area is 424 Å². The average Bonchev–Trinajstić information content (AvgIpc) is 4.01. The predicted octanol–water partition coefficient (Wildman–Crippen LogP) is 18.2. The first-order valence-corrected chi connectivity index (χ1v) is 26.9. The normalized spacial score (nSPS) is 13.3. The van der Waals surface area contributed by atoms with Crippen LogP contribution in [0.4, 0.5) is 45.5 Å². The van der Waals surface area contributed by atoms with E-state index in [1.54, 1.807) is 0 Å². The zero-order chi connectivity index (χ0) is 47.8. The fraction of sp³-hybridized carbons (Fsp3) is 0. The van der Waals surface area contributed by atoms with Crippen molar-refractivity contribution in [1.29, 1.82) is 0 Å². The molecule has 0 aromatic heterocycles. The topological polar surface area (TPSA) is 13.0 Å². The van der Waals surface area contributed by atoms with Crippen molar-refractivity contribution >= 4 is 72.6 Å². The Bertz CT molecular complexity index is 3240. The minimum atomic E-state index is -1.27. The van der Waals surface area contributed by atoms with Crippen molar-refractivity contribution in [2.75, 3.05) is 18.7 Å². The van der Waals surface area contributed by atoms with Gasteiger partial charge >= 0.3 is 0 Å². The standard InChI is InChI=1S/C66H48N4P2/c1-5-22-49(23-6-1)53-30-17-34-57(44-53)67-63-40-13-14-41-64(63)68(58-35-18-31-54(45-58)50-24-7-2-8-25-50)71(67)61-38-21-39-62(48-61)72-69(59-36-19-32-55(46-59)51-26-9-3-10-27-51)65-42-15-16-43-66(65)70(72)60-37-20-33-56(47-60)52-28-11-4-12-29-52/h1-48H.